The second-order valence-corrected chi connectivity index (χ2v) is 3.55. The molecule has 16 heavy (non-hydrogen) atoms. The van der Waals surface area contributed by atoms with Crippen molar-refractivity contribution in [3.8, 4) is 5.75 Å². The number of ether oxygens (including phenoxy) is 1. The maximum Gasteiger partial charge on any atom is 0.128 e. The van der Waals surface area contributed by atoms with Gasteiger partial charge in [-0.2, -0.15) is 0 Å². The average Bonchev–Trinajstić information content (AvgIpc) is 2.33. The highest BCUT2D eigenvalue weighted by Crippen LogP contribution is 2.20. The van der Waals surface area contributed by atoms with E-state index < -0.39 is 0 Å². The molecule has 0 saturated heterocycles. The van der Waals surface area contributed by atoms with Gasteiger partial charge in [-0.15, -0.1) is 0 Å². The van der Waals surface area contributed by atoms with Gasteiger partial charge in [0.2, 0.25) is 0 Å². The number of rotatable bonds is 3. The van der Waals surface area contributed by atoms with Crippen LogP contribution in [-0.2, 0) is 0 Å². The van der Waals surface area contributed by atoms with Crippen LogP contribution in [0.4, 0.5) is 17.1 Å². The predicted molar refractivity (Wildman–Crippen MR) is 65.3 cm³/mol. The largest absolute Gasteiger partial charge is 0.497 e. The number of hydrogen-bond acceptors (Lipinski definition) is 2. The first-order chi connectivity index (χ1) is 7.78. The molecule has 2 aromatic carbocycles. The van der Waals surface area contributed by atoms with E-state index in [-0.39, 0.29) is 0 Å². The Hall–Kier alpha value is -2.00. The molecule has 0 heterocycles. The summed E-state index contributed by atoms with van der Waals surface area (Å²) in [5.41, 5.74) is 6.95. The summed E-state index contributed by atoms with van der Waals surface area (Å²) in [7, 11) is 1.66. The van der Waals surface area contributed by atoms with Gasteiger partial charge < -0.3 is 15.8 Å². The zero-order valence-electron chi connectivity index (χ0n) is 9.23. The molecule has 0 aliphatic carbocycles. The molecule has 2 rings (SSSR count). The lowest BCUT2D eigenvalue weighted by Crippen LogP contribution is -2.39. The zero-order valence-corrected chi connectivity index (χ0v) is 9.23. The summed E-state index contributed by atoms with van der Waals surface area (Å²) in [6.45, 7) is 0. The van der Waals surface area contributed by atoms with Gasteiger partial charge in [-0.1, -0.05) is 0 Å². The number of quaternary nitrogens is 1. The van der Waals surface area contributed by atoms with Crippen LogP contribution in [0.3, 0.4) is 0 Å². The highest BCUT2D eigenvalue weighted by Gasteiger charge is 1.96. The van der Waals surface area contributed by atoms with E-state index in [1.165, 1.54) is 0 Å². The van der Waals surface area contributed by atoms with Gasteiger partial charge >= 0.3 is 0 Å². The minimum Gasteiger partial charge on any atom is -0.497 e. The summed E-state index contributed by atoms with van der Waals surface area (Å²) in [5.74, 6) is 0.860. The number of benzene rings is 2. The van der Waals surface area contributed by atoms with Crippen molar-refractivity contribution in [1.82, 2.24) is 0 Å². The van der Waals surface area contributed by atoms with E-state index in [1.54, 1.807) is 7.11 Å². The molecule has 4 N–H and O–H groups in total. The summed E-state index contributed by atoms with van der Waals surface area (Å²) in [4.78, 5) is 0. The lowest BCUT2D eigenvalue weighted by molar-refractivity contribution is -0.254. The fourth-order valence-electron chi connectivity index (χ4n) is 1.43. The maximum absolute atomic E-state index is 5.10. The van der Waals surface area contributed by atoms with Crippen molar-refractivity contribution in [3.63, 3.8) is 0 Å². The highest BCUT2D eigenvalue weighted by atomic mass is 16.5. The van der Waals surface area contributed by atoms with Crippen molar-refractivity contribution in [2.24, 2.45) is 0 Å². The Bertz CT molecular complexity index is 448. The first kappa shape index (κ1) is 10.5. The molecule has 0 atom stereocenters. The van der Waals surface area contributed by atoms with Crippen molar-refractivity contribution in [2.45, 2.75) is 0 Å². The van der Waals surface area contributed by atoms with Crippen LogP contribution >= 0.6 is 0 Å². The van der Waals surface area contributed by atoms with Gasteiger partial charge in [-0.25, -0.2) is 0 Å². The molecule has 0 unspecified atom stereocenters. The number of hydrogen-bond donors (Lipinski definition) is 2. The molecule has 3 heteroatoms. The van der Waals surface area contributed by atoms with Crippen molar-refractivity contribution in [1.29, 1.82) is 0 Å². The van der Waals surface area contributed by atoms with E-state index in [4.69, 9.17) is 4.74 Å². The summed E-state index contributed by atoms with van der Waals surface area (Å²) in [6.07, 6.45) is 0. The third-order valence-electron chi connectivity index (χ3n) is 2.33. The first-order valence-electron chi connectivity index (χ1n) is 5.11. The Balaban J connectivity index is 2.11. The average molecular weight is 215 g/mol. The maximum atomic E-state index is 5.10. The van der Waals surface area contributed by atoms with Crippen LogP contribution in [0.5, 0.6) is 5.75 Å². The van der Waals surface area contributed by atoms with Gasteiger partial charge in [0.1, 0.15) is 11.4 Å². The second kappa shape index (κ2) is 4.68. The van der Waals surface area contributed by atoms with Crippen molar-refractivity contribution in [3.05, 3.63) is 48.5 Å². The fraction of sp³-hybridized carbons (Fsp3) is 0.0769. The molecule has 0 aliphatic heterocycles. The minimum absolute atomic E-state index is 0.860. The molecule has 0 bridgehead atoms. The van der Waals surface area contributed by atoms with E-state index in [9.17, 15) is 0 Å². The van der Waals surface area contributed by atoms with E-state index in [1.807, 2.05) is 48.5 Å². The van der Waals surface area contributed by atoms with Gasteiger partial charge in [0.05, 0.1) is 7.11 Å². The molecular formula is C13H15N2O+. The number of nitrogens with one attached hydrogen (secondary N) is 1. The van der Waals surface area contributed by atoms with E-state index >= 15 is 0 Å². The van der Waals surface area contributed by atoms with E-state index in [0.29, 0.717) is 0 Å². The topological polar surface area (TPSA) is 48.9 Å². The van der Waals surface area contributed by atoms with Crippen LogP contribution in [-0.4, -0.2) is 7.11 Å². The Kier molecular flexibility index (Phi) is 3.08. The van der Waals surface area contributed by atoms with Crippen LogP contribution in [0.1, 0.15) is 0 Å². The van der Waals surface area contributed by atoms with Crippen LogP contribution in [0, 0.1) is 0 Å². The molecule has 0 spiro atoms. The summed E-state index contributed by atoms with van der Waals surface area (Å²) >= 11 is 0. The lowest BCUT2D eigenvalue weighted by Gasteiger charge is -2.06. The Morgan fingerprint density at radius 3 is 1.88 bits per heavy atom. The molecular weight excluding hydrogens is 200 g/mol. The number of methoxy groups -OCH3 is 1. The minimum atomic E-state index is 0.860. The van der Waals surface area contributed by atoms with Crippen LogP contribution < -0.4 is 15.8 Å². The zero-order chi connectivity index (χ0) is 11.4. The highest BCUT2D eigenvalue weighted by molar-refractivity contribution is 5.61. The van der Waals surface area contributed by atoms with Gasteiger partial charge in [0, 0.05) is 23.5 Å². The smallest absolute Gasteiger partial charge is 0.128 e. The molecule has 0 amide bonds. The molecule has 3 nitrogen and oxygen atoms in total. The van der Waals surface area contributed by atoms with Crippen LogP contribution in [0.2, 0.25) is 0 Å². The Morgan fingerprint density at radius 2 is 1.38 bits per heavy atom. The molecule has 0 aliphatic rings. The quantitative estimate of drug-likeness (QED) is 0.825. The summed E-state index contributed by atoms with van der Waals surface area (Å²) < 4.78 is 5.10. The van der Waals surface area contributed by atoms with Gasteiger partial charge in [0.25, 0.3) is 0 Å². The third kappa shape index (κ3) is 2.52. The second-order valence-electron chi connectivity index (χ2n) is 3.55. The lowest BCUT2D eigenvalue weighted by atomic mass is 10.2. The van der Waals surface area contributed by atoms with Crippen LogP contribution in [0.15, 0.2) is 48.5 Å². The Labute approximate surface area is 94.9 Å². The monoisotopic (exact) mass is 215 g/mol. The SMILES string of the molecule is COc1ccc(Nc2ccc([NH3+])cc2)cc1. The first-order valence-corrected chi connectivity index (χ1v) is 5.11. The number of anilines is 2. The van der Waals surface area contributed by atoms with Gasteiger partial charge in [0.15, 0.2) is 0 Å². The van der Waals surface area contributed by atoms with E-state index in [2.05, 4.69) is 11.1 Å². The van der Waals surface area contributed by atoms with Gasteiger partial charge in [-0.3, -0.25) is 0 Å². The van der Waals surface area contributed by atoms with E-state index in [0.717, 1.165) is 22.8 Å². The predicted octanol–water partition coefficient (Wildman–Crippen LogP) is 2.31. The normalized spacial score (nSPS) is 9.88. The van der Waals surface area contributed by atoms with Crippen molar-refractivity contribution < 1.29 is 10.5 Å². The van der Waals surface area contributed by atoms with Crippen LogP contribution in [0.25, 0.3) is 0 Å². The van der Waals surface area contributed by atoms with Crippen molar-refractivity contribution in [2.75, 3.05) is 12.4 Å². The van der Waals surface area contributed by atoms with Crippen molar-refractivity contribution >= 4 is 17.1 Å². The molecule has 0 radical (unpaired) electrons. The molecule has 0 saturated carbocycles. The molecule has 2 aromatic rings. The third-order valence-corrected chi connectivity index (χ3v) is 2.33. The Morgan fingerprint density at radius 1 is 0.875 bits per heavy atom. The fourth-order valence-corrected chi connectivity index (χ4v) is 1.43. The standard InChI is InChI=1S/C13H14N2O/c1-16-13-8-6-12(7-9-13)15-11-4-2-10(14)3-5-11/h2-9,15H,14H2,1H3/p+1. The summed E-state index contributed by atoms with van der Waals surface area (Å²) in [6, 6.07) is 15.8. The molecule has 82 valence electrons. The molecule has 0 aromatic heterocycles. The molecule has 0 fully saturated rings. The van der Waals surface area contributed by atoms with Gasteiger partial charge in [-0.05, 0) is 36.4 Å². The summed E-state index contributed by atoms with van der Waals surface area (Å²) in [5, 5.41) is 3.30.